The lowest BCUT2D eigenvalue weighted by Gasteiger charge is -2.31. The zero-order chi connectivity index (χ0) is 13.8. The summed E-state index contributed by atoms with van der Waals surface area (Å²) in [5.74, 6) is 0.0993. The van der Waals surface area contributed by atoms with Gasteiger partial charge in [0.05, 0.1) is 12.6 Å². The van der Waals surface area contributed by atoms with E-state index in [0.29, 0.717) is 25.6 Å². The molecule has 1 unspecified atom stereocenters. The number of hydrogen-bond acceptors (Lipinski definition) is 3. The van der Waals surface area contributed by atoms with Gasteiger partial charge in [-0.25, -0.2) is 0 Å². The van der Waals surface area contributed by atoms with E-state index in [-0.39, 0.29) is 5.91 Å². The molecule has 0 saturated heterocycles. The number of aliphatic hydroxyl groups is 1. The second-order valence-electron chi connectivity index (χ2n) is 5.35. The smallest absolute Gasteiger partial charge is 0.227 e. The molecule has 1 aliphatic rings. The van der Waals surface area contributed by atoms with E-state index in [9.17, 15) is 9.90 Å². The monoisotopic (exact) mass is 262 g/mol. The molecule has 1 aliphatic heterocycles. The van der Waals surface area contributed by atoms with Crippen molar-refractivity contribution in [3.05, 3.63) is 29.8 Å². The summed E-state index contributed by atoms with van der Waals surface area (Å²) in [4.78, 5) is 13.7. The lowest BCUT2D eigenvalue weighted by molar-refractivity contribution is -0.119. The molecule has 2 rings (SSSR count). The first-order chi connectivity index (χ1) is 9.08. The first-order valence-corrected chi connectivity index (χ1v) is 6.87. The Morgan fingerprint density at radius 3 is 2.79 bits per heavy atom. The van der Waals surface area contributed by atoms with Crippen LogP contribution in [0.25, 0.3) is 0 Å². The Labute approximate surface area is 114 Å². The second kappa shape index (κ2) is 6.17. The number of aliphatic hydroxyl groups excluding tert-OH is 1. The number of amides is 1. The molecule has 0 saturated carbocycles. The van der Waals surface area contributed by atoms with Gasteiger partial charge in [-0.2, -0.15) is 0 Å². The minimum absolute atomic E-state index is 0.0993. The average Bonchev–Trinajstić information content (AvgIpc) is 2.40. The van der Waals surface area contributed by atoms with E-state index in [0.717, 1.165) is 12.1 Å². The summed E-state index contributed by atoms with van der Waals surface area (Å²) in [5, 5.41) is 13.2. The lowest BCUT2D eigenvalue weighted by Crippen LogP contribution is -2.44. The summed E-state index contributed by atoms with van der Waals surface area (Å²) in [7, 11) is 0. The van der Waals surface area contributed by atoms with Gasteiger partial charge in [0.1, 0.15) is 0 Å². The summed E-state index contributed by atoms with van der Waals surface area (Å²) in [6.07, 6.45) is 0.783. The fourth-order valence-electron chi connectivity index (χ4n) is 2.34. The molecule has 4 heteroatoms. The molecule has 1 heterocycles. The number of carbonyl (C=O) groups excluding carboxylic acids is 1. The highest BCUT2D eigenvalue weighted by Crippen LogP contribution is 2.27. The van der Waals surface area contributed by atoms with E-state index in [2.05, 4.69) is 5.32 Å². The van der Waals surface area contributed by atoms with Gasteiger partial charge in [-0.3, -0.25) is 4.79 Å². The van der Waals surface area contributed by atoms with Crippen molar-refractivity contribution in [2.75, 3.05) is 18.0 Å². The highest BCUT2D eigenvalue weighted by molar-refractivity contribution is 5.96. The number of rotatable bonds is 5. The number of para-hydroxylation sites is 1. The zero-order valence-electron chi connectivity index (χ0n) is 11.6. The maximum atomic E-state index is 12.0. The summed E-state index contributed by atoms with van der Waals surface area (Å²) >= 11 is 0. The lowest BCUT2D eigenvalue weighted by atomic mass is 10.0. The molecule has 19 heavy (non-hydrogen) atoms. The van der Waals surface area contributed by atoms with Crippen LogP contribution in [0.4, 0.5) is 5.69 Å². The van der Waals surface area contributed by atoms with Crippen LogP contribution >= 0.6 is 0 Å². The van der Waals surface area contributed by atoms with Crippen LogP contribution in [-0.2, 0) is 11.2 Å². The number of nitrogens with zero attached hydrogens (tertiary/aromatic N) is 1. The molecule has 1 amide bonds. The maximum Gasteiger partial charge on any atom is 0.227 e. The predicted molar refractivity (Wildman–Crippen MR) is 76.3 cm³/mol. The number of β-amino-alcohol motifs (C(OH)–C–C–N with tert-alkyl or cyclic N) is 1. The molecule has 0 radical (unpaired) electrons. The van der Waals surface area contributed by atoms with Gasteiger partial charge >= 0.3 is 0 Å². The van der Waals surface area contributed by atoms with Crippen LogP contribution in [0.15, 0.2) is 24.3 Å². The molecular formula is C15H22N2O2. The Balaban J connectivity index is 2.05. The first-order valence-electron chi connectivity index (χ1n) is 6.87. The molecule has 0 spiro atoms. The fourth-order valence-corrected chi connectivity index (χ4v) is 2.34. The number of hydrogen-bond donors (Lipinski definition) is 2. The third-order valence-corrected chi connectivity index (χ3v) is 3.35. The van der Waals surface area contributed by atoms with E-state index in [1.54, 1.807) is 4.90 Å². The largest absolute Gasteiger partial charge is 0.390 e. The van der Waals surface area contributed by atoms with Crippen molar-refractivity contribution in [2.45, 2.75) is 38.8 Å². The normalized spacial score (nSPS) is 16.6. The minimum atomic E-state index is -0.544. The molecule has 0 aromatic heterocycles. The number of fused-ring (bicyclic) bond motifs is 1. The van der Waals surface area contributed by atoms with Crippen molar-refractivity contribution in [2.24, 2.45) is 0 Å². The molecular weight excluding hydrogens is 240 g/mol. The molecule has 1 aromatic rings. The third-order valence-electron chi connectivity index (χ3n) is 3.35. The van der Waals surface area contributed by atoms with Crippen LogP contribution in [0.5, 0.6) is 0 Å². The Hall–Kier alpha value is -1.39. The van der Waals surface area contributed by atoms with Crippen LogP contribution in [0, 0.1) is 0 Å². The van der Waals surface area contributed by atoms with Gasteiger partial charge in [-0.1, -0.05) is 32.0 Å². The standard InChI is InChI=1S/C15H22N2O2/c1-11(2)16-9-13(18)10-17-14-6-4-3-5-12(14)7-8-15(17)19/h3-6,11,13,16,18H,7-10H2,1-2H3. The van der Waals surface area contributed by atoms with Gasteiger partial charge in [-0.05, 0) is 18.1 Å². The maximum absolute atomic E-state index is 12.0. The average molecular weight is 262 g/mol. The van der Waals surface area contributed by atoms with Gasteiger partial charge in [0.2, 0.25) is 5.91 Å². The molecule has 104 valence electrons. The molecule has 1 aromatic carbocycles. The third kappa shape index (κ3) is 3.55. The summed E-state index contributed by atoms with van der Waals surface area (Å²) in [5.41, 5.74) is 2.13. The predicted octanol–water partition coefficient (Wildman–Crippen LogP) is 1.32. The summed E-state index contributed by atoms with van der Waals surface area (Å²) < 4.78 is 0. The van der Waals surface area contributed by atoms with E-state index in [1.807, 2.05) is 38.1 Å². The highest BCUT2D eigenvalue weighted by Gasteiger charge is 2.25. The summed E-state index contributed by atoms with van der Waals surface area (Å²) in [6.45, 7) is 4.93. The molecule has 0 aliphatic carbocycles. The van der Waals surface area contributed by atoms with Gasteiger partial charge < -0.3 is 15.3 Å². The Kier molecular flexibility index (Phi) is 4.56. The Morgan fingerprint density at radius 2 is 2.05 bits per heavy atom. The highest BCUT2D eigenvalue weighted by atomic mass is 16.3. The topological polar surface area (TPSA) is 52.6 Å². The minimum Gasteiger partial charge on any atom is -0.390 e. The van der Waals surface area contributed by atoms with E-state index in [4.69, 9.17) is 0 Å². The zero-order valence-corrected chi connectivity index (χ0v) is 11.6. The van der Waals surface area contributed by atoms with Crippen molar-refractivity contribution in [3.8, 4) is 0 Å². The summed E-state index contributed by atoms with van der Waals surface area (Å²) in [6, 6.07) is 8.26. The van der Waals surface area contributed by atoms with Crippen LogP contribution in [0.1, 0.15) is 25.8 Å². The van der Waals surface area contributed by atoms with Crippen LogP contribution in [-0.4, -0.2) is 36.2 Å². The van der Waals surface area contributed by atoms with Gasteiger partial charge in [0, 0.05) is 24.7 Å². The number of nitrogens with one attached hydrogen (secondary N) is 1. The number of aryl methyl sites for hydroxylation is 1. The van der Waals surface area contributed by atoms with E-state index < -0.39 is 6.10 Å². The van der Waals surface area contributed by atoms with Gasteiger partial charge in [0.15, 0.2) is 0 Å². The quantitative estimate of drug-likeness (QED) is 0.841. The van der Waals surface area contributed by atoms with E-state index in [1.165, 1.54) is 5.56 Å². The van der Waals surface area contributed by atoms with Crippen LogP contribution in [0.3, 0.4) is 0 Å². The number of anilines is 1. The van der Waals surface area contributed by atoms with Crippen molar-refractivity contribution in [1.29, 1.82) is 0 Å². The van der Waals surface area contributed by atoms with Crippen molar-refractivity contribution >= 4 is 11.6 Å². The fraction of sp³-hybridized carbons (Fsp3) is 0.533. The van der Waals surface area contributed by atoms with Crippen molar-refractivity contribution in [3.63, 3.8) is 0 Å². The van der Waals surface area contributed by atoms with Crippen LogP contribution < -0.4 is 10.2 Å². The first kappa shape index (κ1) is 14.0. The number of carbonyl (C=O) groups is 1. The Morgan fingerprint density at radius 1 is 1.32 bits per heavy atom. The molecule has 2 N–H and O–H groups in total. The SMILES string of the molecule is CC(C)NCC(O)CN1C(=O)CCc2ccccc21. The molecule has 4 nitrogen and oxygen atoms in total. The second-order valence-corrected chi connectivity index (χ2v) is 5.35. The van der Waals surface area contributed by atoms with Crippen molar-refractivity contribution in [1.82, 2.24) is 5.32 Å². The van der Waals surface area contributed by atoms with E-state index >= 15 is 0 Å². The molecule has 1 atom stereocenters. The van der Waals surface area contributed by atoms with Gasteiger partial charge in [-0.15, -0.1) is 0 Å². The molecule has 0 bridgehead atoms. The van der Waals surface area contributed by atoms with Gasteiger partial charge in [0.25, 0.3) is 0 Å². The van der Waals surface area contributed by atoms with Crippen molar-refractivity contribution < 1.29 is 9.90 Å². The Bertz CT molecular complexity index is 446. The van der Waals surface area contributed by atoms with Crippen LogP contribution in [0.2, 0.25) is 0 Å². The number of benzene rings is 1. The molecule has 0 fully saturated rings.